The van der Waals surface area contributed by atoms with E-state index in [0.717, 1.165) is 23.5 Å². The third-order valence-electron chi connectivity index (χ3n) is 2.73. The molecule has 0 fully saturated rings. The van der Waals surface area contributed by atoms with Crippen molar-refractivity contribution in [3.8, 4) is 11.5 Å². The highest BCUT2D eigenvalue weighted by Gasteiger charge is 2.24. The van der Waals surface area contributed by atoms with Crippen LogP contribution in [0.2, 0.25) is 0 Å². The van der Waals surface area contributed by atoms with Crippen molar-refractivity contribution in [2.45, 2.75) is 32.4 Å². The summed E-state index contributed by atoms with van der Waals surface area (Å²) in [6, 6.07) is 4.10. The van der Waals surface area contributed by atoms with Crippen LogP contribution in [0.25, 0.3) is 0 Å². The molecule has 0 spiro atoms. The first-order chi connectivity index (χ1) is 7.11. The summed E-state index contributed by atoms with van der Waals surface area (Å²) in [6.07, 6.45) is 1.17. The summed E-state index contributed by atoms with van der Waals surface area (Å²) >= 11 is 0. The fraction of sp³-hybridized carbons (Fsp3) is 0.500. The molecule has 2 rings (SSSR count). The van der Waals surface area contributed by atoms with Gasteiger partial charge in [-0.05, 0) is 25.5 Å². The molecule has 2 atom stereocenters. The SMILES string of the molecule is COc1cc(C(C)N)cc2c1OC(C)C2. The van der Waals surface area contributed by atoms with Crippen LogP contribution in [-0.2, 0) is 6.42 Å². The van der Waals surface area contributed by atoms with E-state index in [1.165, 1.54) is 5.56 Å². The topological polar surface area (TPSA) is 44.5 Å². The van der Waals surface area contributed by atoms with Crippen molar-refractivity contribution >= 4 is 0 Å². The van der Waals surface area contributed by atoms with Crippen LogP contribution in [0.3, 0.4) is 0 Å². The summed E-state index contributed by atoms with van der Waals surface area (Å²) < 4.78 is 11.0. The van der Waals surface area contributed by atoms with Gasteiger partial charge >= 0.3 is 0 Å². The molecular weight excluding hydrogens is 190 g/mol. The predicted molar refractivity (Wildman–Crippen MR) is 59.4 cm³/mol. The van der Waals surface area contributed by atoms with E-state index in [2.05, 4.69) is 13.0 Å². The molecule has 0 radical (unpaired) electrons. The predicted octanol–water partition coefficient (Wildman–Crippen LogP) is 2.04. The van der Waals surface area contributed by atoms with Gasteiger partial charge in [-0.3, -0.25) is 0 Å². The molecule has 0 saturated carbocycles. The molecule has 0 aromatic heterocycles. The summed E-state index contributed by atoms with van der Waals surface area (Å²) in [5, 5.41) is 0. The zero-order valence-electron chi connectivity index (χ0n) is 9.41. The van der Waals surface area contributed by atoms with E-state index in [0.29, 0.717) is 0 Å². The molecule has 2 unspecified atom stereocenters. The van der Waals surface area contributed by atoms with E-state index in [1.807, 2.05) is 13.0 Å². The largest absolute Gasteiger partial charge is 0.493 e. The minimum Gasteiger partial charge on any atom is -0.493 e. The number of fused-ring (bicyclic) bond motifs is 1. The van der Waals surface area contributed by atoms with E-state index < -0.39 is 0 Å². The first kappa shape index (κ1) is 10.3. The van der Waals surface area contributed by atoms with Crippen LogP contribution in [0, 0.1) is 0 Å². The van der Waals surface area contributed by atoms with Crippen molar-refractivity contribution < 1.29 is 9.47 Å². The minimum atomic E-state index is 0.0279. The van der Waals surface area contributed by atoms with Gasteiger partial charge in [-0.2, -0.15) is 0 Å². The zero-order chi connectivity index (χ0) is 11.0. The minimum absolute atomic E-state index is 0.0279. The van der Waals surface area contributed by atoms with Gasteiger partial charge in [0, 0.05) is 18.0 Å². The summed E-state index contributed by atoms with van der Waals surface area (Å²) in [4.78, 5) is 0. The highest BCUT2D eigenvalue weighted by atomic mass is 16.5. The van der Waals surface area contributed by atoms with Crippen LogP contribution in [0.1, 0.15) is 31.0 Å². The third kappa shape index (κ3) is 1.79. The molecule has 15 heavy (non-hydrogen) atoms. The lowest BCUT2D eigenvalue weighted by Crippen LogP contribution is -2.05. The van der Waals surface area contributed by atoms with Crippen molar-refractivity contribution in [3.05, 3.63) is 23.3 Å². The monoisotopic (exact) mass is 207 g/mol. The molecule has 0 amide bonds. The Labute approximate surface area is 90.2 Å². The number of hydrogen-bond donors (Lipinski definition) is 1. The lowest BCUT2D eigenvalue weighted by molar-refractivity contribution is 0.243. The van der Waals surface area contributed by atoms with E-state index in [9.17, 15) is 0 Å². The average molecular weight is 207 g/mol. The van der Waals surface area contributed by atoms with Crippen molar-refractivity contribution in [1.82, 2.24) is 0 Å². The van der Waals surface area contributed by atoms with Gasteiger partial charge in [0.15, 0.2) is 11.5 Å². The second-order valence-corrected chi connectivity index (χ2v) is 4.13. The Morgan fingerprint density at radius 3 is 2.87 bits per heavy atom. The molecule has 0 bridgehead atoms. The summed E-state index contributed by atoms with van der Waals surface area (Å²) in [7, 11) is 1.66. The van der Waals surface area contributed by atoms with Crippen molar-refractivity contribution in [3.63, 3.8) is 0 Å². The number of ether oxygens (including phenoxy) is 2. The van der Waals surface area contributed by atoms with E-state index in [-0.39, 0.29) is 12.1 Å². The second-order valence-electron chi connectivity index (χ2n) is 4.13. The van der Waals surface area contributed by atoms with Crippen molar-refractivity contribution in [2.24, 2.45) is 5.73 Å². The highest BCUT2D eigenvalue weighted by Crippen LogP contribution is 2.39. The molecule has 3 heteroatoms. The molecule has 1 aliphatic rings. The van der Waals surface area contributed by atoms with E-state index >= 15 is 0 Å². The molecule has 1 aliphatic heterocycles. The van der Waals surface area contributed by atoms with Crippen molar-refractivity contribution in [1.29, 1.82) is 0 Å². The molecule has 0 saturated heterocycles. The Hall–Kier alpha value is -1.22. The molecule has 1 heterocycles. The Kier molecular flexibility index (Phi) is 2.57. The van der Waals surface area contributed by atoms with Crippen LogP contribution in [-0.4, -0.2) is 13.2 Å². The van der Waals surface area contributed by atoms with Gasteiger partial charge in [0.05, 0.1) is 7.11 Å². The molecule has 3 nitrogen and oxygen atoms in total. The van der Waals surface area contributed by atoms with E-state index in [4.69, 9.17) is 15.2 Å². The smallest absolute Gasteiger partial charge is 0.164 e. The Morgan fingerprint density at radius 2 is 2.27 bits per heavy atom. The molecule has 1 aromatic rings. The molecule has 0 aliphatic carbocycles. The van der Waals surface area contributed by atoms with Crippen molar-refractivity contribution in [2.75, 3.05) is 7.11 Å². The maximum atomic E-state index is 5.87. The van der Waals surface area contributed by atoms with Gasteiger partial charge in [-0.25, -0.2) is 0 Å². The van der Waals surface area contributed by atoms with Gasteiger partial charge in [-0.1, -0.05) is 6.07 Å². The standard InChI is InChI=1S/C12H17NO2/c1-7-4-10-5-9(8(2)13)6-11(14-3)12(10)15-7/h5-8H,4,13H2,1-3H3. The zero-order valence-corrected chi connectivity index (χ0v) is 9.41. The maximum absolute atomic E-state index is 5.87. The second kappa shape index (κ2) is 3.74. The van der Waals surface area contributed by atoms with Crippen LogP contribution < -0.4 is 15.2 Å². The highest BCUT2D eigenvalue weighted by molar-refractivity contribution is 5.52. The molecule has 1 aromatic carbocycles. The van der Waals surface area contributed by atoms with Crippen LogP contribution in [0.5, 0.6) is 11.5 Å². The van der Waals surface area contributed by atoms with Gasteiger partial charge in [0.2, 0.25) is 0 Å². The Bertz CT molecular complexity index is 374. The van der Waals surface area contributed by atoms with Gasteiger partial charge in [-0.15, -0.1) is 0 Å². The number of benzene rings is 1. The van der Waals surface area contributed by atoms with Gasteiger partial charge in [0.1, 0.15) is 6.10 Å². The molecular formula is C12H17NO2. The summed E-state index contributed by atoms with van der Waals surface area (Å²) in [5.41, 5.74) is 8.17. The first-order valence-electron chi connectivity index (χ1n) is 5.25. The Morgan fingerprint density at radius 1 is 1.53 bits per heavy atom. The van der Waals surface area contributed by atoms with Crippen LogP contribution in [0.15, 0.2) is 12.1 Å². The lowest BCUT2D eigenvalue weighted by atomic mass is 10.0. The fourth-order valence-corrected chi connectivity index (χ4v) is 1.94. The first-order valence-corrected chi connectivity index (χ1v) is 5.25. The van der Waals surface area contributed by atoms with Crippen LogP contribution >= 0.6 is 0 Å². The van der Waals surface area contributed by atoms with Crippen LogP contribution in [0.4, 0.5) is 0 Å². The Balaban J connectivity index is 2.47. The lowest BCUT2D eigenvalue weighted by Gasteiger charge is -2.12. The quantitative estimate of drug-likeness (QED) is 0.807. The van der Waals surface area contributed by atoms with Gasteiger partial charge in [0.25, 0.3) is 0 Å². The fourth-order valence-electron chi connectivity index (χ4n) is 1.94. The number of rotatable bonds is 2. The summed E-state index contributed by atoms with van der Waals surface area (Å²) in [5.74, 6) is 1.68. The number of nitrogens with two attached hydrogens (primary N) is 1. The summed E-state index contributed by atoms with van der Waals surface area (Å²) in [6.45, 7) is 4.03. The molecule has 82 valence electrons. The third-order valence-corrected chi connectivity index (χ3v) is 2.73. The van der Waals surface area contributed by atoms with E-state index in [1.54, 1.807) is 7.11 Å². The van der Waals surface area contributed by atoms with Gasteiger partial charge < -0.3 is 15.2 Å². The maximum Gasteiger partial charge on any atom is 0.164 e. The molecule has 2 N–H and O–H groups in total. The average Bonchev–Trinajstić information content (AvgIpc) is 2.56. The number of hydrogen-bond acceptors (Lipinski definition) is 3. The normalized spacial score (nSPS) is 20.7. The number of methoxy groups -OCH3 is 1.